The molecule has 146 valence electrons. The van der Waals surface area contributed by atoms with Gasteiger partial charge in [0.2, 0.25) is 11.8 Å². The first-order valence-corrected chi connectivity index (χ1v) is 10.3. The molecule has 0 aromatic heterocycles. The fourth-order valence-corrected chi connectivity index (χ4v) is 4.84. The van der Waals surface area contributed by atoms with Gasteiger partial charge in [-0.15, -0.1) is 0 Å². The normalized spacial score (nSPS) is 24.8. The fourth-order valence-electron chi connectivity index (χ4n) is 4.52. The average molecular weight is 417 g/mol. The van der Waals surface area contributed by atoms with Gasteiger partial charge in [0, 0.05) is 22.5 Å². The summed E-state index contributed by atoms with van der Waals surface area (Å²) in [5.41, 5.74) is 1.89. The van der Waals surface area contributed by atoms with E-state index in [1.54, 1.807) is 4.90 Å². The number of piperazine rings is 1. The van der Waals surface area contributed by atoms with Gasteiger partial charge in [-0.05, 0) is 55.7 Å². The highest BCUT2D eigenvalue weighted by atomic mass is 35.5. The van der Waals surface area contributed by atoms with E-state index in [2.05, 4.69) is 0 Å². The molecule has 2 heterocycles. The number of benzene rings is 2. The van der Waals surface area contributed by atoms with Gasteiger partial charge in [-0.2, -0.15) is 0 Å². The van der Waals surface area contributed by atoms with Crippen molar-refractivity contribution in [3.05, 3.63) is 69.7 Å². The molecular weight excluding hydrogens is 395 g/mol. The molecule has 2 fully saturated rings. The second kappa shape index (κ2) is 7.41. The van der Waals surface area contributed by atoms with Crippen molar-refractivity contribution in [2.24, 2.45) is 0 Å². The Morgan fingerprint density at radius 2 is 1.64 bits per heavy atom. The van der Waals surface area contributed by atoms with Crippen molar-refractivity contribution in [2.45, 2.75) is 50.9 Å². The SMILES string of the molecule is CC(C)N1C(=O)C2CCC(=O)N2C(c2cccc(Cl)c2)C1c1ccc(Cl)cc1. The highest BCUT2D eigenvalue weighted by molar-refractivity contribution is 6.30. The van der Waals surface area contributed by atoms with E-state index < -0.39 is 6.04 Å². The van der Waals surface area contributed by atoms with Gasteiger partial charge in [-0.3, -0.25) is 9.59 Å². The quantitative estimate of drug-likeness (QED) is 0.704. The van der Waals surface area contributed by atoms with E-state index in [9.17, 15) is 9.59 Å². The van der Waals surface area contributed by atoms with Crippen LogP contribution in [0.3, 0.4) is 0 Å². The van der Waals surface area contributed by atoms with E-state index in [0.717, 1.165) is 11.1 Å². The van der Waals surface area contributed by atoms with Crippen LogP contribution in [0.5, 0.6) is 0 Å². The van der Waals surface area contributed by atoms with Crippen LogP contribution in [0.2, 0.25) is 10.0 Å². The Kier molecular flexibility index (Phi) is 5.11. The van der Waals surface area contributed by atoms with Crippen molar-refractivity contribution in [1.82, 2.24) is 9.80 Å². The number of fused-ring (bicyclic) bond motifs is 1. The average Bonchev–Trinajstić information content (AvgIpc) is 3.04. The molecule has 2 aromatic rings. The predicted octanol–water partition coefficient (Wildman–Crippen LogP) is 5.02. The lowest BCUT2D eigenvalue weighted by atomic mass is 9.86. The zero-order chi connectivity index (χ0) is 20.0. The van der Waals surface area contributed by atoms with Crippen LogP contribution < -0.4 is 0 Å². The summed E-state index contributed by atoms with van der Waals surface area (Å²) < 4.78 is 0. The largest absolute Gasteiger partial charge is 0.329 e. The lowest BCUT2D eigenvalue weighted by molar-refractivity contribution is -0.159. The molecule has 2 saturated heterocycles. The van der Waals surface area contributed by atoms with Crippen LogP contribution >= 0.6 is 23.2 Å². The molecule has 28 heavy (non-hydrogen) atoms. The lowest BCUT2D eigenvalue weighted by Gasteiger charge is -2.51. The zero-order valence-electron chi connectivity index (χ0n) is 15.8. The number of hydrogen-bond acceptors (Lipinski definition) is 2. The number of nitrogens with zero attached hydrogens (tertiary/aromatic N) is 2. The Bertz CT molecular complexity index is 913. The highest BCUT2D eigenvalue weighted by Crippen LogP contribution is 2.48. The van der Waals surface area contributed by atoms with Crippen LogP contribution in [-0.2, 0) is 9.59 Å². The first kappa shape index (κ1) is 19.3. The Morgan fingerprint density at radius 1 is 0.929 bits per heavy atom. The molecule has 0 bridgehead atoms. The Labute approximate surface area is 175 Å². The molecule has 2 aromatic carbocycles. The molecule has 0 saturated carbocycles. The maximum Gasteiger partial charge on any atom is 0.246 e. The molecule has 3 unspecified atom stereocenters. The summed E-state index contributed by atoms with van der Waals surface area (Å²) in [6.07, 6.45) is 0.956. The summed E-state index contributed by atoms with van der Waals surface area (Å²) in [5.74, 6) is 0.0322. The molecule has 0 radical (unpaired) electrons. The third-order valence-corrected chi connectivity index (χ3v) is 6.14. The molecule has 0 aliphatic carbocycles. The summed E-state index contributed by atoms with van der Waals surface area (Å²) in [4.78, 5) is 29.9. The van der Waals surface area contributed by atoms with Crippen LogP contribution in [-0.4, -0.2) is 33.7 Å². The van der Waals surface area contributed by atoms with Crippen molar-refractivity contribution in [3.63, 3.8) is 0 Å². The fraction of sp³-hybridized carbons (Fsp3) is 0.364. The predicted molar refractivity (Wildman–Crippen MR) is 110 cm³/mol. The van der Waals surface area contributed by atoms with Gasteiger partial charge in [0.1, 0.15) is 6.04 Å². The number of amides is 2. The second-order valence-corrected chi connectivity index (χ2v) is 8.56. The number of carbonyl (C=O) groups excluding carboxylic acids is 2. The van der Waals surface area contributed by atoms with Crippen molar-refractivity contribution < 1.29 is 9.59 Å². The molecule has 2 aliphatic rings. The van der Waals surface area contributed by atoms with Crippen molar-refractivity contribution >= 4 is 35.0 Å². The number of rotatable bonds is 3. The van der Waals surface area contributed by atoms with Crippen molar-refractivity contribution in [3.8, 4) is 0 Å². The maximum atomic E-state index is 13.4. The van der Waals surface area contributed by atoms with Gasteiger partial charge in [0.05, 0.1) is 12.1 Å². The summed E-state index contributed by atoms with van der Waals surface area (Å²) in [6.45, 7) is 4.03. The van der Waals surface area contributed by atoms with Gasteiger partial charge in [0.25, 0.3) is 0 Å². The zero-order valence-corrected chi connectivity index (χ0v) is 17.3. The molecule has 0 N–H and O–H groups in total. The summed E-state index contributed by atoms with van der Waals surface area (Å²) in [5, 5.41) is 1.25. The second-order valence-electron chi connectivity index (χ2n) is 7.69. The molecule has 2 amide bonds. The minimum atomic E-state index is -0.414. The Hall–Kier alpha value is -2.04. The molecule has 4 nitrogen and oxygen atoms in total. The van der Waals surface area contributed by atoms with E-state index in [-0.39, 0.29) is 29.9 Å². The minimum absolute atomic E-state index is 0.00675. The molecular formula is C22H22Cl2N2O2. The minimum Gasteiger partial charge on any atom is -0.329 e. The van der Waals surface area contributed by atoms with Crippen LogP contribution in [0.1, 0.15) is 49.9 Å². The summed E-state index contributed by atoms with van der Waals surface area (Å²) in [7, 11) is 0. The van der Waals surface area contributed by atoms with E-state index in [4.69, 9.17) is 23.2 Å². The Morgan fingerprint density at radius 3 is 2.29 bits per heavy atom. The first-order chi connectivity index (χ1) is 13.4. The van der Waals surface area contributed by atoms with Crippen LogP contribution in [0.25, 0.3) is 0 Å². The third kappa shape index (κ3) is 3.19. The van der Waals surface area contributed by atoms with Gasteiger partial charge in [-0.1, -0.05) is 47.5 Å². The number of halogens is 2. The number of carbonyl (C=O) groups is 2. The monoisotopic (exact) mass is 416 g/mol. The van der Waals surface area contributed by atoms with E-state index in [1.165, 1.54) is 0 Å². The van der Waals surface area contributed by atoms with Crippen LogP contribution in [0.4, 0.5) is 0 Å². The van der Waals surface area contributed by atoms with Crippen LogP contribution in [0, 0.1) is 0 Å². The molecule has 2 aliphatic heterocycles. The molecule has 6 heteroatoms. The lowest BCUT2D eigenvalue weighted by Crippen LogP contribution is -2.59. The van der Waals surface area contributed by atoms with Gasteiger partial charge >= 0.3 is 0 Å². The summed E-state index contributed by atoms with van der Waals surface area (Å²) >= 11 is 12.4. The van der Waals surface area contributed by atoms with Crippen molar-refractivity contribution in [2.75, 3.05) is 0 Å². The maximum absolute atomic E-state index is 13.4. The molecule has 0 spiro atoms. The van der Waals surface area contributed by atoms with E-state index >= 15 is 0 Å². The van der Waals surface area contributed by atoms with Crippen LogP contribution in [0.15, 0.2) is 48.5 Å². The smallest absolute Gasteiger partial charge is 0.246 e. The first-order valence-electron chi connectivity index (χ1n) is 9.52. The topological polar surface area (TPSA) is 40.6 Å². The standard InChI is InChI=1S/C22H22Cl2N2O2/c1-13(2)25-20(14-6-8-16(23)9-7-14)21(15-4-3-5-17(24)12-15)26-18(22(25)28)10-11-19(26)27/h3-9,12-13,18,20-21H,10-11H2,1-2H3. The Balaban J connectivity index is 1.93. The van der Waals surface area contributed by atoms with E-state index in [1.807, 2.05) is 67.3 Å². The summed E-state index contributed by atoms with van der Waals surface area (Å²) in [6, 6.07) is 14.1. The molecule has 3 atom stereocenters. The van der Waals surface area contributed by atoms with Crippen molar-refractivity contribution in [1.29, 1.82) is 0 Å². The number of hydrogen-bond donors (Lipinski definition) is 0. The molecule has 4 rings (SSSR count). The van der Waals surface area contributed by atoms with Gasteiger partial charge in [-0.25, -0.2) is 0 Å². The van der Waals surface area contributed by atoms with E-state index in [0.29, 0.717) is 22.9 Å². The van der Waals surface area contributed by atoms with Gasteiger partial charge in [0.15, 0.2) is 0 Å². The highest BCUT2D eigenvalue weighted by Gasteiger charge is 2.53. The third-order valence-electron chi connectivity index (χ3n) is 5.65. The van der Waals surface area contributed by atoms with Gasteiger partial charge < -0.3 is 9.80 Å².